The van der Waals surface area contributed by atoms with E-state index in [4.69, 9.17) is 4.42 Å². The molecule has 1 amide bonds. The minimum Gasteiger partial charge on any atom is -0.450 e. The van der Waals surface area contributed by atoms with Gasteiger partial charge in [0.25, 0.3) is 5.91 Å². The van der Waals surface area contributed by atoms with Gasteiger partial charge < -0.3 is 9.73 Å². The Balaban J connectivity index is 1.95. The van der Waals surface area contributed by atoms with Crippen LogP contribution in [0.15, 0.2) is 27.4 Å². The largest absolute Gasteiger partial charge is 0.450 e. The van der Waals surface area contributed by atoms with Gasteiger partial charge in [-0.1, -0.05) is 6.07 Å². The lowest BCUT2D eigenvalue weighted by Gasteiger charge is -2.11. The molecule has 2 heterocycles. The second-order valence-corrected chi connectivity index (χ2v) is 8.16. The van der Waals surface area contributed by atoms with E-state index in [1.165, 1.54) is 0 Å². The molecule has 1 fully saturated rings. The quantitative estimate of drug-likeness (QED) is 0.893. The number of aryl methyl sites for hydroxylation is 2. The van der Waals surface area contributed by atoms with Gasteiger partial charge >= 0.3 is 0 Å². The Hall–Kier alpha value is -2.15. The van der Waals surface area contributed by atoms with Gasteiger partial charge in [-0.3, -0.25) is 9.59 Å². The van der Waals surface area contributed by atoms with E-state index < -0.39 is 21.8 Å². The Morgan fingerprint density at radius 3 is 2.70 bits per heavy atom. The van der Waals surface area contributed by atoms with Crippen molar-refractivity contribution in [1.82, 2.24) is 5.32 Å². The van der Waals surface area contributed by atoms with E-state index in [1.54, 1.807) is 6.07 Å². The van der Waals surface area contributed by atoms with Gasteiger partial charge in [0.2, 0.25) is 0 Å². The molecule has 1 aromatic heterocycles. The smallest absolute Gasteiger partial charge is 0.287 e. The predicted molar refractivity (Wildman–Crippen MR) is 86.5 cm³/mol. The standard InChI is InChI=1S/C16H17NO5S/c1-9-3-4-12-13(18)7-14(22-15(12)10(9)2)16(19)17-11-5-6-23(20,21)8-11/h3-4,7,11H,5-6,8H2,1-2H3,(H,17,19). The zero-order valence-electron chi connectivity index (χ0n) is 12.9. The average Bonchev–Trinajstić information content (AvgIpc) is 2.82. The topological polar surface area (TPSA) is 93.5 Å². The molecule has 122 valence electrons. The Morgan fingerprint density at radius 1 is 1.30 bits per heavy atom. The third kappa shape index (κ3) is 3.01. The fourth-order valence-corrected chi connectivity index (χ4v) is 4.40. The van der Waals surface area contributed by atoms with Crippen LogP contribution in [0.1, 0.15) is 28.1 Å². The molecule has 0 radical (unpaired) electrons. The second kappa shape index (κ2) is 5.49. The zero-order chi connectivity index (χ0) is 16.8. The fourth-order valence-electron chi connectivity index (χ4n) is 2.73. The third-order valence-corrected chi connectivity index (χ3v) is 5.98. The highest BCUT2D eigenvalue weighted by Crippen LogP contribution is 2.20. The minimum atomic E-state index is -3.09. The summed E-state index contributed by atoms with van der Waals surface area (Å²) in [6.07, 6.45) is 0.379. The van der Waals surface area contributed by atoms with Crippen molar-refractivity contribution in [1.29, 1.82) is 0 Å². The molecule has 3 rings (SSSR count). The minimum absolute atomic E-state index is 0.0674. The lowest BCUT2D eigenvalue weighted by Crippen LogP contribution is -2.35. The van der Waals surface area contributed by atoms with Crippen molar-refractivity contribution in [3.63, 3.8) is 0 Å². The van der Waals surface area contributed by atoms with Crippen molar-refractivity contribution < 1.29 is 17.6 Å². The Kier molecular flexibility index (Phi) is 3.75. The number of carbonyl (C=O) groups is 1. The molecule has 6 nitrogen and oxygen atoms in total. The van der Waals surface area contributed by atoms with Gasteiger partial charge in [0.15, 0.2) is 21.0 Å². The van der Waals surface area contributed by atoms with E-state index in [1.807, 2.05) is 19.9 Å². The molecular formula is C16H17NO5S. The van der Waals surface area contributed by atoms with Crippen molar-refractivity contribution in [2.24, 2.45) is 0 Å². The molecule has 2 aromatic rings. The second-order valence-electron chi connectivity index (χ2n) is 5.93. The summed E-state index contributed by atoms with van der Waals surface area (Å²) in [4.78, 5) is 24.4. The number of rotatable bonds is 2. The molecule has 7 heteroatoms. The number of hydrogen-bond donors (Lipinski definition) is 1. The summed E-state index contributed by atoms with van der Waals surface area (Å²) in [5.74, 6) is -0.667. The van der Waals surface area contributed by atoms with E-state index >= 15 is 0 Å². The summed E-state index contributed by atoms with van der Waals surface area (Å²) in [5, 5.41) is 3.05. The monoisotopic (exact) mass is 335 g/mol. The molecule has 1 unspecified atom stereocenters. The number of fused-ring (bicyclic) bond motifs is 1. The maximum absolute atomic E-state index is 12.3. The van der Waals surface area contributed by atoms with Crippen molar-refractivity contribution in [2.75, 3.05) is 11.5 Å². The van der Waals surface area contributed by atoms with Crippen LogP contribution in [0.4, 0.5) is 0 Å². The third-order valence-electron chi connectivity index (χ3n) is 4.21. The van der Waals surface area contributed by atoms with Crippen LogP contribution in [0.25, 0.3) is 11.0 Å². The number of hydrogen-bond acceptors (Lipinski definition) is 5. The van der Waals surface area contributed by atoms with Gasteiger partial charge in [0.05, 0.1) is 16.9 Å². The lowest BCUT2D eigenvalue weighted by molar-refractivity contribution is 0.0913. The van der Waals surface area contributed by atoms with Crippen molar-refractivity contribution in [3.05, 3.63) is 45.3 Å². The number of carbonyl (C=O) groups excluding carboxylic acids is 1. The van der Waals surface area contributed by atoms with Crippen LogP contribution in [0, 0.1) is 13.8 Å². The summed E-state index contributed by atoms with van der Waals surface area (Å²) in [6.45, 7) is 3.72. The molecular weight excluding hydrogens is 318 g/mol. The predicted octanol–water partition coefficient (Wildman–Crippen LogP) is 1.33. The molecule has 1 N–H and O–H groups in total. The van der Waals surface area contributed by atoms with Gasteiger partial charge in [0, 0.05) is 12.1 Å². The van der Waals surface area contributed by atoms with Gasteiger partial charge in [-0.2, -0.15) is 0 Å². The number of benzene rings is 1. The Labute approximate surface area is 133 Å². The highest BCUT2D eigenvalue weighted by atomic mass is 32.2. The van der Waals surface area contributed by atoms with Gasteiger partial charge in [-0.15, -0.1) is 0 Å². The van der Waals surface area contributed by atoms with Gasteiger partial charge in [-0.25, -0.2) is 8.42 Å². The van der Waals surface area contributed by atoms with E-state index in [0.29, 0.717) is 17.4 Å². The van der Waals surface area contributed by atoms with E-state index in [9.17, 15) is 18.0 Å². The molecule has 1 aliphatic heterocycles. The van der Waals surface area contributed by atoms with Crippen LogP contribution in [0.3, 0.4) is 0 Å². The zero-order valence-corrected chi connectivity index (χ0v) is 13.7. The van der Waals surface area contributed by atoms with Gasteiger partial charge in [-0.05, 0) is 37.5 Å². The van der Waals surface area contributed by atoms with Crippen LogP contribution in [-0.2, 0) is 9.84 Å². The normalized spacial score (nSPS) is 19.8. The first-order valence-electron chi connectivity index (χ1n) is 7.32. The van der Waals surface area contributed by atoms with Crippen molar-refractivity contribution in [3.8, 4) is 0 Å². The molecule has 0 saturated carbocycles. The van der Waals surface area contributed by atoms with Gasteiger partial charge in [0.1, 0.15) is 5.58 Å². The molecule has 1 aliphatic rings. The van der Waals surface area contributed by atoms with Crippen LogP contribution in [-0.4, -0.2) is 31.9 Å². The summed E-state index contributed by atoms with van der Waals surface area (Å²) in [7, 11) is -3.09. The summed E-state index contributed by atoms with van der Waals surface area (Å²) in [6, 6.07) is 4.22. The van der Waals surface area contributed by atoms with E-state index in [0.717, 1.165) is 17.2 Å². The summed E-state index contributed by atoms with van der Waals surface area (Å²) >= 11 is 0. The summed E-state index contributed by atoms with van der Waals surface area (Å²) < 4.78 is 28.5. The van der Waals surface area contributed by atoms with E-state index in [-0.39, 0.29) is 22.7 Å². The Morgan fingerprint density at radius 2 is 2.04 bits per heavy atom. The molecule has 1 saturated heterocycles. The number of sulfone groups is 1. The van der Waals surface area contributed by atoms with Crippen LogP contribution in [0.2, 0.25) is 0 Å². The first-order chi connectivity index (χ1) is 10.8. The maximum Gasteiger partial charge on any atom is 0.287 e. The first kappa shape index (κ1) is 15.7. The lowest BCUT2D eigenvalue weighted by atomic mass is 10.1. The highest BCUT2D eigenvalue weighted by Gasteiger charge is 2.29. The summed E-state index contributed by atoms with van der Waals surface area (Å²) in [5.41, 5.74) is 1.86. The van der Waals surface area contributed by atoms with E-state index in [2.05, 4.69) is 5.32 Å². The first-order valence-corrected chi connectivity index (χ1v) is 9.14. The molecule has 1 atom stereocenters. The fraction of sp³-hybridized carbons (Fsp3) is 0.375. The molecule has 0 spiro atoms. The molecule has 23 heavy (non-hydrogen) atoms. The molecule has 0 aliphatic carbocycles. The Bertz CT molecular complexity index is 958. The molecule has 0 bridgehead atoms. The maximum atomic E-state index is 12.3. The van der Waals surface area contributed by atoms with Crippen LogP contribution < -0.4 is 10.7 Å². The van der Waals surface area contributed by atoms with Crippen LogP contribution >= 0.6 is 0 Å². The van der Waals surface area contributed by atoms with Crippen molar-refractivity contribution >= 4 is 26.7 Å². The molecule has 1 aromatic carbocycles. The van der Waals surface area contributed by atoms with Crippen LogP contribution in [0.5, 0.6) is 0 Å². The number of nitrogens with one attached hydrogen (secondary N) is 1. The highest BCUT2D eigenvalue weighted by molar-refractivity contribution is 7.91. The average molecular weight is 335 g/mol. The SMILES string of the molecule is Cc1ccc2c(=O)cc(C(=O)NC3CCS(=O)(=O)C3)oc2c1C. The van der Waals surface area contributed by atoms with Crippen molar-refractivity contribution in [2.45, 2.75) is 26.3 Å². The number of amides is 1.